The minimum atomic E-state index is 0.0352. The van der Waals surface area contributed by atoms with Gasteiger partial charge in [-0.1, -0.05) is 166 Å². The highest BCUT2D eigenvalue weighted by atomic mass is 14.2. The first-order chi connectivity index (χ1) is 23.4. The van der Waals surface area contributed by atoms with Gasteiger partial charge in [0.2, 0.25) is 0 Å². The fraction of sp³-hybridized carbons (Fsp3) is 0.0833. The van der Waals surface area contributed by atoms with Gasteiger partial charge in [0.25, 0.3) is 0 Å². The van der Waals surface area contributed by atoms with E-state index < -0.39 is 0 Å². The SMILES string of the molecule is CC(C)(C)c1ccc2c(-c3ccc(-c4ccc5ccc6ccccc6c5c4)cc3)c3ccccc3c(-c3ccc4ccccc4c3)c2c1. The zero-order valence-electron chi connectivity index (χ0n) is 27.6. The molecule has 0 aliphatic carbocycles. The van der Waals surface area contributed by atoms with Crippen LogP contribution in [0.4, 0.5) is 0 Å². The summed E-state index contributed by atoms with van der Waals surface area (Å²) in [4.78, 5) is 0. The number of rotatable bonds is 3. The lowest BCUT2D eigenvalue weighted by molar-refractivity contribution is 0.591. The average Bonchev–Trinajstić information content (AvgIpc) is 3.13. The number of fused-ring (bicyclic) bond motifs is 6. The van der Waals surface area contributed by atoms with Crippen LogP contribution in [-0.2, 0) is 5.41 Å². The minimum Gasteiger partial charge on any atom is -0.0616 e. The van der Waals surface area contributed by atoms with Gasteiger partial charge in [-0.15, -0.1) is 0 Å². The van der Waals surface area contributed by atoms with E-state index >= 15 is 0 Å². The Hall–Kier alpha value is -5.72. The highest BCUT2D eigenvalue weighted by Gasteiger charge is 2.20. The first kappa shape index (κ1) is 28.5. The summed E-state index contributed by atoms with van der Waals surface area (Å²) in [5.41, 5.74) is 8.94. The van der Waals surface area contributed by atoms with E-state index in [2.05, 4.69) is 185 Å². The summed E-state index contributed by atoms with van der Waals surface area (Å²) in [6.07, 6.45) is 0. The van der Waals surface area contributed by atoms with Crippen molar-refractivity contribution < 1.29 is 0 Å². The van der Waals surface area contributed by atoms with Crippen molar-refractivity contribution in [2.45, 2.75) is 26.2 Å². The van der Waals surface area contributed by atoms with Crippen LogP contribution in [0.25, 0.3) is 87.2 Å². The molecule has 9 rings (SSSR count). The Morgan fingerprint density at radius 2 is 0.792 bits per heavy atom. The van der Waals surface area contributed by atoms with Crippen LogP contribution in [0.2, 0.25) is 0 Å². The summed E-state index contributed by atoms with van der Waals surface area (Å²) < 4.78 is 0. The van der Waals surface area contributed by atoms with Gasteiger partial charge in [0.15, 0.2) is 0 Å². The first-order valence-corrected chi connectivity index (χ1v) is 16.9. The van der Waals surface area contributed by atoms with Crippen molar-refractivity contribution in [3.8, 4) is 33.4 Å². The summed E-state index contributed by atoms with van der Waals surface area (Å²) in [5, 5.41) is 12.8. The molecule has 228 valence electrons. The molecule has 0 atom stereocenters. The van der Waals surface area contributed by atoms with E-state index in [0.29, 0.717) is 0 Å². The second-order valence-electron chi connectivity index (χ2n) is 14.2. The lowest BCUT2D eigenvalue weighted by atomic mass is 9.81. The van der Waals surface area contributed by atoms with E-state index in [1.54, 1.807) is 0 Å². The van der Waals surface area contributed by atoms with E-state index in [0.717, 1.165) is 0 Å². The van der Waals surface area contributed by atoms with Crippen molar-refractivity contribution in [1.29, 1.82) is 0 Å². The van der Waals surface area contributed by atoms with Gasteiger partial charge in [-0.25, -0.2) is 0 Å². The Labute approximate surface area is 281 Å². The molecule has 0 fully saturated rings. The molecule has 0 aliphatic heterocycles. The van der Waals surface area contributed by atoms with Crippen molar-refractivity contribution in [2.75, 3.05) is 0 Å². The molecule has 0 amide bonds. The van der Waals surface area contributed by atoms with E-state index in [1.807, 2.05) is 0 Å². The van der Waals surface area contributed by atoms with E-state index in [-0.39, 0.29) is 5.41 Å². The van der Waals surface area contributed by atoms with E-state index in [9.17, 15) is 0 Å². The van der Waals surface area contributed by atoms with Gasteiger partial charge in [-0.3, -0.25) is 0 Å². The third kappa shape index (κ3) is 4.68. The van der Waals surface area contributed by atoms with E-state index in [1.165, 1.54) is 92.8 Å². The Morgan fingerprint density at radius 3 is 1.52 bits per heavy atom. The monoisotopic (exact) mass is 612 g/mol. The summed E-state index contributed by atoms with van der Waals surface area (Å²) in [6, 6.07) is 60.9. The number of hydrogen-bond acceptors (Lipinski definition) is 0. The van der Waals surface area contributed by atoms with Gasteiger partial charge in [0.1, 0.15) is 0 Å². The Kier molecular flexibility index (Phi) is 6.49. The van der Waals surface area contributed by atoms with E-state index in [4.69, 9.17) is 0 Å². The number of benzene rings is 9. The largest absolute Gasteiger partial charge is 0.0616 e. The van der Waals surface area contributed by atoms with Crippen LogP contribution >= 0.6 is 0 Å². The van der Waals surface area contributed by atoms with Crippen LogP contribution in [-0.4, -0.2) is 0 Å². The maximum absolute atomic E-state index is 2.45. The Morgan fingerprint density at radius 1 is 0.292 bits per heavy atom. The normalized spacial score (nSPS) is 12.1. The van der Waals surface area contributed by atoms with Crippen molar-refractivity contribution >= 4 is 53.9 Å². The molecule has 0 bridgehead atoms. The third-order valence-corrected chi connectivity index (χ3v) is 10.2. The predicted molar refractivity (Wildman–Crippen MR) is 209 cm³/mol. The fourth-order valence-electron chi connectivity index (χ4n) is 7.62. The predicted octanol–water partition coefficient (Wildman–Crippen LogP) is 13.8. The van der Waals surface area contributed by atoms with Crippen LogP contribution in [0, 0.1) is 0 Å². The molecule has 0 saturated carbocycles. The van der Waals surface area contributed by atoms with Crippen LogP contribution in [0.5, 0.6) is 0 Å². The molecule has 0 radical (unpaired) electrons. The zero-order chi connectivity index (χ0) is 32.4. The molecule has 9 aromatic rings. The quantitative estimate of drug-likeness (QED) is 0.138. The molecule has 0 heteroatoms. The molecule has 0 aliphatic rings. The van der Waals surface area contributed by atoms with Crippen LogP contribution in [0.15, 0.2) is 164 Å². The molecular weight excluding hydrogens is 577 g/mol. The molecule has 0 unspecified atom stereocenters. The molecule has 0 N–H and O–H groups in total. The van der Waals surface area contributed by atoms with Gasteiger partial charge in [0, 0.05) is 0 Å². The molecule has 0 heterocycles. The van der Waals surface area contributed by atoms with Gasteiger partial charge in [-0.2, -0.15) is 0 Å². The van der Waals surface area contributed by atoms with Crippen molar-refractivity contribution in [2.24, 2.45) is 0 Å². The lowest BCUT2D eigenvalue weighted by Gasteiger charge is -2.23. The van der Waals surface area contributed by atoms with Crippen molar-refractivity contribution in [3.05, 3.63) is 169 Å². The molecule has 0 saturated heterocycles. The average molecular weight is 613 g/mol. The van der Waals surface area contributed by atoms with Crippen LogP contribution in [0.3, 0.4) is 0 Å². The molecule has 0 spiro atoms. The highest BCUT2D eigenvalue weighted by Crippen LogP contribution is 2.45. The smallest absolute Gasteiger partial charge is 0.00260 e. The number of hydrogen-bond donors (Lipinski definition) is 0. The zero-order valence-corrected chi connectivity index (χ0v) is 27.6. The molecule has 48 heavy (non-hydrogen) atoms. The summed E-state index contributed by atoms with van der Waals surface area (Å²) in [5.74, 6) is 0. The Balaban J connectivity index is 1.26. The van der Waals surface area contributed by atoms with Gasteiger partial charge >= 0.3 is 0 Å². The standard InChI is InChI=1S/C48H36/c1-48(2,3)39-26-27-43-45(30-39)47(38-25-18-31-10-4-5-12-36(31)28-38)42-15-9-8-14-41(42)46(43)35-22-16-32(17-23-35)37-24-21-34-20-19-33-11-6-7-13-40(33)44(34)29-37/h4-30H,1-3H3. The van der Waals surface area contributed by atoms with Crippen LogP contribution < -0.4 is 0 Å². The summed E-state index contributed by atoms with van der Waals surface area (Å²) >= 11 is 0. The Bertz CT molecular complexity index is 2680. The maximum atomic E-state index is 2.45. The van der Waals surface area contributed by atoms with Gasteiger partial charge in [-0.05, 0) is 116 Å². The van der Waals surface area contributed by atoms with Gasteiger partial charge < -0.3 is 0 Å². The third-order valence-electron chi connectivity index (χ3n) is 10.2. The molecule has 0 nitrogen and oxygen atoms in total. The summed E-state index contributed by atoms with van der Waals surface area (Å²) in [7, 11) is 0. The fourth-order valence-corrected chi connectivity index (χ4v) is 7.62. The molecule has 9 aromatic carbocycles. The molecular formula is C48H36. The lowest BCUT2D eigenvalue weighted by Crippen LogP contribution is -2.10. The maximum Gasteiger partial charge on any atom is -0.00260 e. The van der Waals surface area contributed by atoms with Crippen molar-refractivity contribution in [1.82, 2.24) is 0 Å². The van der Waals surface area contributed by atoms with Crippen molar-refractivity contribution in [3.63, 3.8) is 0 Å². The van der Waals surface area contributed by atoms with Crippen LogP contribution in [0.1, 0.15) is 26.3 Å². The highest BCUT2D eigenvalue weighted by molar-refractivity contribution is 6.22. The first-order valence-electron chi connectivity index (χ1n) is 16.9. The molecule has 0 aromatic heterocycles. The summed E-state index contributed by atoms with van der Waals surface area (Å²) in [6.45, 7) is 6.92. The minimum absolute atomic E-state index is 0.0352. The second kappa shape index (κ2) is 10.9. The topological polar surface area (TPSA) is 0 Å². The van der Waals surface area contributed by atoms with Gasteiger partial charge in [0.05, 0.1) is 0 Å². The second-order valence-corrected chi connectivity index (χ2v) is 14.2.